The third-order valence-corrected chi connectivity index (χ3v) is 4.95. The number of piperidine rings is 1. The van der Waals surface area contributed by atoms with Gasteiger partial charge in [0.2, 0.25) is 5.88 Å². The predicted octanol–water partition coefficient (Wildman–Crippen LogP) is 2.60. The molecule has 1 fully saturated rings. The molecule has 1 aliphatic rings. The lowest BCUT2D eigenvalue weighted by molar-refractivity contribution is 0.125. The molecule has 28 heavy (non-hydrogen) atoms. The van der Waals surface area contributed by atoms with Crippen LogP contribution in [0.2, 0.25) is 0 Å². The van der Waals surface area contributed by atoms with Crippen molar-refractivity contribution in [1.82, 2.24) is 24.4 Å². The summed E-state index contributed by atoms with van der Waals surface area (Å²) in [7, 11) is 0. The number of aryl methyl sites for hydroxylation is 1. The van der Waals surface area contributed by atoms with E-state index < -0.39 is 6.09 Å². The number of aromatic nitrogens is 4. The highest BCUT2D eigenvalue weighted by Gasteiger charge is 2.26. The van der Waals surface area contributed by atoms with Crippen molar-refractivity contribution in [2.75, 3.05) is 13.1 Å². The van der Waals surface area contributed by atoms with Crippen molar-refractivity contribution < 1.29 is 14.6 Å². The van der Waals surface area contributed by atoms with E-state index in [1.165, 1.54) is 17.3 Å². The van der Waals surface area contributed by atoms with Crippen molar-refractivity contribution in [3.63, 3.8) is 0 Å². The molecule has 0 bridgehead atoms. The summed E-state index contributed by atoms with van der Waals surface area (Å²) in [5, 5.41) is 9.75. The number of amides is 1. The molecule has 1 N–H and O–H groups in total. The summed E-state index contributed by atoms with van der Waals surface area (Å²) in [6, 6.07) is 6.57. The smallest absolute Gasteiger partial charge is 0.407 e. The highest BCUT2D eigenvalue weighted by molar-refractivity contribution is 5.80. The molecule has 4 heterocycles. The molecule has 3 aromatic heterocycles. The van der Waals surface area contributed by atoms with E-state index >= 15 is 0 Å². The van der Waals surface area contributed by atoms with E-state index in [-0.39, 0.29) is 11.6 Å². The van der Waals surface area contributed by atoms with Crippen molar-refractivity contribution >= 4 is 17.1 Å². The molecule has 0 saturated carbocycles. The molecule has 144 valence electrons. The first-order valence-electron chi connectivity index (χ1n) is 8.98. The number of nitrogens with zero attached hydrogens (tertiary/aromatic N) is 5. The first-order chi connectivity index (χ1) is 13.5. The maximum absolute atomic E-state index is 12.6. The predicted molar refractivity (Wildman–Crippen MR) is 101 cm³/mol. The molecule has 9 heteroatoms. The Morgan fingerprint density at radius 1 is 1.18 bits per heavy atom. The number of hydrogen-bond acceptors (Lipinski definition) is 6. The van der Waals surface area contributed by atoms with Crippen LogP contribution >= 0.6 is 0 Å². The van der Waals surface area contributed by atoms with Gasteiger partial charge in [-0.25, -0.2) is 14.8 Å². The number of likely N-dealkylation sites (tertiary alicyclic amines) is 1. The van der Waals surface area contributed by atoms with Crippen LogP contribution in [0.1, 0.15) is 24.6 Å². The van der Waals surface area contributed by atoms with Crippen molar-refractivity contribution in [1.29, 1.82) is 0 Å². The fourth-order valence-electron chi connectivity index (χ4n) is 3.48. The van der Waals surface area contributed by atoms with E-state index in [0.717, 1.165) is 5.69 Å². The maximum Gasteiger partial charge on any atom is 0.407 e. The summed E-state index contributed by atoms with van der Waals surface area (Å²) in [6.45, 7) is 2.60. The topological polar surface area (TPSA) is 110 Å². The molecule has 0 aromatic carbocycles. The monoisotopic (exact) mass is 381 g/mol. The van der Waals surface area contributed by atoms with Gasteiger partial charge in [0.15, 0.2) is 5.75 Å². The molecule has 4 rings (SSSR count). The van der Waals surface area contributed by atoms with E-state index in [0.29, 0.717) is 48.6 Å². The lowest BCUT2D eigenvalue weighted by Gasteiger charge is -2.31. The zero-order valence-electron chi connectivity index (χ0n) is 15.3. The van der Waals surface area contributed by atoms with Gasteiger partial charge in [-0.15, -0.1) is 0 Å². The highest BCUT2D eigenvalue weighted by atomic mass is 16.5. The summed E-state index contributed by atoms with van der Waals surface area (Å²) in [4.78, 5) is 37.9. The third kappa shape index (κ3) is 3.26. The molecule has 0 aliphatic carbocycles. The lowest BCUT2D eigenvalue weighted by Crippen LogP contribution is -2.40. The van der Waals surface area contributed by atoms with Gasteiger partial charge in [0, 0.05) is 31.4 Å². The third-order valence-electron chi connectivity index (χ3n) is 4.95. The van der Waals surface area contributed by atoms with E-state index in [9.17, 15) is 9.59 Å². The summed E-state index contributed by atoms with van der Waals surface area (Å²) in [6.07, 6.45) is 3.21. The first-order valence-corrected chi connectivity index (χ1v) is 8.98. The second-order valence-corrected chi connectivity index (χ2v) is 6.65. The van der Waals surface area contributed by atoms with Gasteiger partial charge in [-0.3, -0.25) is 14.3 Å². The number of fused-ring (bicyclic) bond motifs is 1. The summed E-state index contributed by atoms with van der Waals surface area (Å²) in [5.74, 6) is 0.924. The summed E-state index contributed by atoms with van der Waals surface area (Å²) >= 11 is 0. The minimum atomic E-state index is -0.937. The zero-order valence-corrected chi connectivity index (χ0v) is 15.3. The van der Waals surface area contributed by atoms with Crippen LogP contribution in [0.5, 0.6) is 11.6 Å². The van der Waals surface area contributed by atoms with Crippen molar-refractivity contribution in [2.24, 2.45) is 0 Å². The molecular weight excluding hydrogens is 362 g/mol. The fourth-order valence-corrected chi connectivity index (χ4v) is 3.48. The van der Waals surface area contributed by atoms with Gasteiger partial charge in [-0.05, 0) is 38.0 Å². The Labute approximate surface area is 160 Å². The average molecular weight is 381 g/mol. The Morgan fingerprint density at radius 2 is 1.96 bits per heavy atom. The van der Waals surface area contributed by atoms with Crippen LogP contribution in [0, 0.1) is 6.92 Å². The standard InChI is InChI=1S/C19H19N5O4/c1-12-15(3-2-8-20-12)28-18-14-4-5-16(25)24(17(14)21-11-22-18)13-6-9-23(10-7-13)19(26)27/h2-5,8,11,13H,6-7,9-10H2,1H3,(H,26,27). The van der Waals surface area contributed by atoms with Gasteiger partial charge in [-0.1, -0.05) is 0 Å². The number of pyridine rings is 2. The largest absolute Gasteiger partial charge is 0.465 e. The minimum absolute atomic E-state index is 0.130. The van der Waals surface area contributed by atoms with Gasteiger partial charge >= 0.3 is 6.09 Å². The van der Waals surface area contributed by atoms with Gasteiger partial charge < -0.3 is 14.7 Å². The molecule has 1 amide bonds. The number of carbonyl (C=O) groups is 1. The molecule has 1 saturated heterocycles. The van der Waals surface area contributed by atoms with Gasteiger partial charge in [0.05, 0.1) is 11.1 Å². The molecular formula is C19H19N5O4. The Hall–Kier alpha value is -3.49. The SMILES string of the molecule is Cc1ncccc1Oc1ncnc2c1ccc(=O)n2C1CCN(C(=O)O)CC1. The summed E-state index contributed by atoms with van der Waals surface area (Å²) in [5.41, 5.74) is 1.03. The molecule has 3 aromatic rings. The van der Waals surface area contributed by atoms with Crippen LogP contribution in [0.4, 0.5) is 4.79 Å². The number of ether oxygens (including phenoxy) is 1. The Bertz CT molecular complexity index is 1090. The highest BCUT2D eigenvalue weighted by Crippen LogP contribution is 2.30. The molecule has 0 unspecified atom stereocenters. The van der Waals surface area contributed by atoms with Gasteiger partial charge in [0.1, 0.15) is 12.0 Å². The molecule has 0 radical (unpaired) electrons. The van der Waals surface area contributed by atoms with Crippen LogP contribution < -0.4 is 10.3 Å². The second kappa shape index (κ2) is 7.26. The first kappa shape index (κ1) is 17.9. The van der Waals surface area contributed by atoms with E-state index in [4.69, 9.17) is 9.84 Å². The Balaban J connectivity index is 1.73. The van der Waals surface area contributed by atoms with Crippen molar-refractivity contribution in [3.8, 4) is 11.6 Å². The average Bonchev–Trinajstić information content (AvgIpc) is 2.70. The van der Waals surface area contributed by atoms with Gasteiger partial charge in [-0.2, -0.15) is 0 Å². The number of hydrogen-bond donors (Lipinski definition) is 1. The zero-order chi connectivity index (χ0) is 19.7. The molecule has 0 atom stereocenters. The Morgan fingerprint density at radius 3 is 2.68 bits per heavy atom. The number of rotatable bonds is 3. The van der Waals surface area contributed by atoms with Crippen LogP contribution in [0.15, 0.2) is 41.6 Å². The number of carboxylic acid groups (broad SMARTS) is 1. The van der Waals surface area contributed by atoms with E-state index in [1.54, 1.807) is 29.0 Å². The second-order valence-electron chi connectivity index (χ2n) is 6.65. The summed E-state index contributed by atoms with van der Waals surface area (Å²) < 4.78 is 7.56. The fraction of sp³-hybridized carbons (Fsp3) is 0.316. The van der Waals surface area contributed by atoms with Crippen molar-refractivity contribution in [2.45, 2.75) is 25.8 Å². The van der Waals surface area contributed by atoms with E-state index in [1.807, 2.05) is 6.92 Å². The van der Waals surface area contributed by atoms with Crippen LogP contribution in [-0.4, -0.2) is 48.7 Å². The molecule has 9 nitrogen and oxygen atoms in total. The minimum Gasteiger partial charge on any atom is -0.465 e. The Kier molecular flexibility index (Phi) is 4.64. The van der Waals surface area contributed by atoms with Crippen LogP contribution in [-0.2, 0) is 0 Å². The van der Waals surface area contributed by atoms with Gasteiger partial charge in [0.25, 0.3) is 5.56 Å². The maximum atomic E-state index is 12.6. The van der Waals surface area contributed by atoms with Crippen molar-refractivity contribution in [3.05, 3.63) is 52.8 Å². The normalized spacial score (nSPS) is 15.0. The quantitative estimate of drug-likeness (QED) is 0.742. The lowest BCUT2D eigenvalue weighted by atomic mass is 10.0. The molecule has 1 aliphatic heterocycles. The van der Waals surface area contributed by atoms with Crippen LogP contribution in [0.3, 0.4) is 0 Å². The van der Waals surface area contributed by atoms with E-state index in [2.05, 4.69) is 15.0 Å². The molecule has 0 spiro atoms. The van der Waals surface area contributed by atoms with Crippen LogP contribution in [0.25, 0.3) is 11.0 Å².